The fourth-order valence-electron chi connectivity index (χ4n) is 7.81. The molecule has 1 saturated carbocycles. The summed E-state index contributed by atoms with van der Waals surface area (Å²) >= 11 is 6.41. The molecule has 238 valence electrons. The summed E-state index contributed by atoms with van der Waals surface area (Å²) in [6.07, 6.45) is 9.55. The molecule has 8 nitrogen and oxygen atoms in total. The summed E-state index contributed by atoms with van der Waals surface area (Å²) in [6.45, 7) is 4.89. The van der Waals surface area contributed by atoms with Crippen LogP contribution in [0.3, 0.4) is 0 Å². The van der Waals surface area contributed by atoms with Crippen LogP contribution in [-0.4, -0.2) is 63.2 Å². The number of nitrogens with zero attached hydrogens (tertiary/aromatic N) is 1. The molecular formula is C34H43ClN2O6S. The molecule has 1 fully saturated rings. The van der Waals surface area contributed by atoms with E-state index >= 15 is 0 Å². The molecule has 2 heterocycles. The summed E-state index contributed by atoms with van der Waals surface area (Å²) in [5.41, 5.74) is 1.72. The second-order valence-electron chi connectivity index (χ2n) is 13.6. The molecule has 2 aromatic rings. The lowest BCUT2D eigenvalue weighted by Gasteiger charge is -2.46. The zero-order valence-corrected chi connectivity index (χ0v) is 27.3. The monoisotopic (exact) mass is 642 g/mol. The maximum Gasteiger partial charge on any atom is 0.264 e. The predicted molar refractivity (Wildman–Crippen MR) is 172 cm³/mol. The number of ether oxygens (including phenoxy) is 2. The molecule has 10 heteroatoms. The van der Waals surface area contributed by atoms with E-state index in [-0.39, 0.29) is 23.5 Å². The number of carbonyl (C=O) groups excluding carboxylic acids is 1. The Kier molecular flexibility index (Phi) is 8.54. The number of halogens is 1. The Bertz CT molecular complexity index is 1550. The van der Waals surface area contributed by atoms with Crippen molar-refractivity contribution in [1.29, 1.82) is 0 Å². The lowest BCUT2D eigenvalue weighted by Crippen LogP contribution is -2.50. The number of nitrogens with one attached hydrogen (secondary N) is 1. The van der Waals surface area contributed by atoms with Crippen LogP contribution in [0.25, 0.3) is 0 Å². The lowest BCUT2D eigenvalue weighted by atomic mass is 9.68. The number of hydrogen-bond donors (Lipinski definition) is 2. The molecule has 2 aliphatic carbocycles. The third-order valence-corrected chi connectivity index (χ3v) is 12.5. The molecule has 0 aromatic heterocycles. The van der Waals surface area contributed by atoms with Gasteiger partial charge in [-0.3, -0.25) is 4.79 Å². The summed E-state index contributed by atoms with van der Waals surface area (Å²) in [7, 11) is -2.48. The lowest BCUT2D eigenvalue weighted by molar-refractivity contribution is 0.0131. The number of hydrogen-bond acceptors (Lipinski definition) is 7. The molecular weight excluding hydrogens is 600 g/mol. The van der Waals surface area contributed by atoms with Gasteiger partial charge in [0, 0.05) is 36.2 Å². The summed E-state index contributed by atoms with van der Waals surface area (Å²) in [6, 6.07) is 11.3. The van der Waals surface area contributed by atoms with Crippen molar-refractivity contribution in [2.75, 3.05) is 31.7 Å². The van der Waals surface area contributed by atoms with E-state index in [0.29, 0.717) is 37.2 Å². The maximum absolute atomic E-state index is 13.5. The summed E-state index contributed by atoms with van der Waals surface area (Å²) < 4.78 is 41.7. The van der Waals surface area contributed by atoms with Gasteiger partial charge in [-0.25, -0.2) is 13.1 Å². The fraction of sp³-hybridized carbons (Fsp3) is 0.559. The molecule has 2 bridgehead atoms. The highest BCUT2D eigenvalue weighted by atomic mass is 35.5. The third kappa shape index (κ3) is 6.00. The van der Waals surface area contributed by atoms with Gasteiger partial charge in [-0.05, 0) is 112 Å². The number of amides is 1. The van der Waals surface area contributed by atoms with Gasteiger partial charge in [0.25, 0.3) is 5.91 Å². The first kappa shape index (κ1) is 31.4. The Balaban J connectivity index is 1.43. The minimum Gasteiger partial charge on any atom is -0.490 e. The van der Waals surface area contributed by atoms with Gasteiger partial charge in [-0.15, -0.1) is 0 Å². The van der Waals surface area contributed by atoms with Crippen LogP contribution in [0.15, 0.2) is 48.6 Å². The molecule has 5 atom stereocenters. The molecule has 0 saturated heterocycles. The standard InChI is InChI=1S/C34H43ClN2O6S/c1-33(2,39)31-9-5-4-8-29(42-3)26-13-10-24(26)19-37-20-34(16-6-7-22-17-25(35)12-14-27(22)34)21-43-30-15-11-23(18-28(30)37)32(38)36-44(31,40)41/h4,8,11-12,14-15,17-18,24,26,29,31,39H,5-7,9-10,13,16,19-21H2,1-3H3,(H,36,38)/b8-4-/t24-,26+,29-,31+,34-/m0/s1. The first-order valence-electron chi connectivity index (χ1n) is 15.7. The average Bonchev–Trinajstić information content (AvgIpc) is 3.09. The second-order valence-corrected chi connectivity index (χ2v) is 15.9. The van der Waals surface area contributed by atoms with Crippen LogP contribution in [0.4, 0.5) is 5.69 Å². The molecule has 2 N–H and O–H groups in total. The molecule has 44 heavy (non-hydrogen) atoms. The van der Waals surface area contributed by atoms with Gasteiger partial charge in [-0.1, -0.05) is 29.8 Å². The summed E-state index contributed by atoms with van der Waals surface area (Å²) in [5, 5.41) is 10.4. The Morgan fingerprint density at radius 2 is 1.98 bits per heavy atom. The van der Waals surface area contributed by atoms with Crippen LogP contribution in [0, 0.1) is 11.8 Å². The van der Waals surface area contributed by atoms with Crippen LogP contribution in [0.5, 0.6) is 5.75 Å². The molecule has 0 unspecified atom stereocenters. The normalized spacial score (nSPS) is 31.0. The van der Waals surface area contributed by atoms with Crippen molar-refractivity contribution in [3.8, 4) is 5.75 Å². The fourth-order valence-corrected chi connectivity index (χ4v) is 9.73. The largest absolute Gasteiger partial charge is 0.490 e. The van der Waals surface area contributed by atoms with Crippen LogP contribution < -0.4 is 14.4 Å². The smallest absolute Gasteiger partial charge is 0.264 e. The Morgan fingerprint density at radius 1 is 1.16 bits per heavy atom. The third-order valence-electron chi connectivity index (χ3n) is 10.2. The molecule has 6 rings (SSSR count). The van der Waals surface area contributed by atoms with E-state index in [2.05, 4.69) is 21.8 Å². The van der Waals surface area contributed by atoms with Crippen LogP contribution in [0.1, 0.15) is 73.9 Å². The van der Waals surface area contributed by atoms with Crippen molar-refractivity contribution in [1.82, 2.24) is 4.72 Å². The van der Waals surface area contributed by atoms with E-state index < -0.39 is 26.8 Å². The van der Waals surface area contributed by atoms with E-state index in [4.69, 9.17) is 21.1 Å². The van der Waals surface area contributed by atoms with Crippen molar-refractivity contribution < 1.29 is 27.8 Å². The number of carbonyl (C=O) groups is 1. The second kappa shape index (κ2) is 12.0. The Hall–Kier alpha value is -2.59. The Labute approximate surface area is 265 Å². The number of sulfonamides is 1. The number of aliphatic hydroxyl groups is 1. The quantitative estimate of drug-likeness (QED) is 0.423. The van der Waals surface area contributed by atoms with Crippen molar-refractivity contribution in [3.63, 3.8) is 0 Å². The number of aryl methyl sites for hydroxylation is 1. The van der Waals surface area contributed by atoms with Crippen LogP contribution >= 0.6 is 11.6 Å². The van der Waals surface area contributed by atoms with Crippen molar-refractivity contribution in [2.45, 2.75) is 81.2 Å². The number of anilines is 1. The van der Waals surface area contributed by atoms with Crippen molar-refractivity contribution in [3.05, 3.63) is 70.3 Å². The summed E-state index contributed by atoms with van der Waals surface area (Å²) in [5.74, 6) is 0.639. The van der Waals surface area contributed by atoms with Crippen molar-refractivity contribution in [2.24, 2.45) is 11.8 Å². The molecule has 1 amide bonds. The van der Waals surface area contributed by atoms with E-state index in [9.17, 15) is 18.3 Å². The number of fused-ring (bicyclic) bond motifs is 4. The first-order valence-corrected chi connectivity index (χ1v) is 17.6. The number of allylic oxidation sites excluding steroid dienone is 1. The summed E-state index contributed by atoms with van der Waals surface area (Å²) in [4.78, 5) is 15.9. The Morgan fingerprint density at radius 3 is 2.70 bits per heavy atom. The van der Waals surface area contributed by atoms with Gasteiger partial charge in [0.15, 0.2) is 0 Å². The van der Waals surface area contributed by atoms with Gasteiger partial charge in [0.05, 0.1) is 24.0 Å². The molecule has 0 radical (unpaired) electrons. The van der Waals surface area contributed by atoms with Crippen LogP contribution in [0.2, 0.25) is 5.02 Å². The predicted octanol–water partition coefficient (Wildman–Crippen LogP) is 5.40. The topological polar surface area (TPSA) is 105 Å². The van der Waals surface area contributed by atoms with E-state index in [1.54, 1.807) is 25.3 Å². The van der Waals surface area contributed by atoms with Gasteiger partial charge < -0.3 is 19.5 Å². The van der Waals surface area contributed by atoms with Gasteiger partial charge >= 0.3 is 0 Å². The number of methoxy groups -OCH3 is 1. The number of benzene rings is 2. The highest BCUT2D eigenvalue weighted by molar-refractivity contribution is 7.90. The SMILES string of the molecule is CO[C@H]1/C=C\CC[C@H](C(C)(C)O)S(=O)(=O)NC(=O)c2ccc3c(c2)N(C[C@@H]2CC[C@H]21)C[C@@]1(CCCc2cc(Cl)ccc21)CO3. The van der Waals surface area contributed by atoms with Gasteiger partial charge in [-0.2, -0.15) is 0 Å². The van der Waals surface area contributed by atoms with Gasteiger partial charge in [0.1, 0.15) is 11.0 Å². The van der Waals surface area contributed by atoms with E-state index in [1.165, 1.54) is 25.0 Å². The van der Waals surface area contributed by atoms with E-state index in [1.807, 2.05) is 18.2 Å². The molecule has 4 aliphatic rings. The van der Waals surface area contributed by atoms with Crippen molar-refractivity contribution >= 4 is 33.2 Å². The average molecular weight is 643 g/mol. The minimum absolute atomic E-state index is 0.0981. The van der Waals surface area contributed by atoms with Crippen LogP contribution in [-0.2, 0) is 26.6 Å². The minimum atomic E-state index is -4.21. The molecule has 2 aliphatic heterocycles. The highest BCUT2D eigenvalue weighted by Crippen LogP contribution is 2.47. The maximum atomic E-state index is 13.5. The number of rotatable bonds is 2. The first-order chi connectivity index (χ1) is 20.9. The molecule has 1 spiro atoms. The highest BCUT2D eigenvalue weighted by Gasteiger charge is 2.45. The van der Waals surface area contributed by atoms with Gasteiger partial charge in [0.2, 0.25) is 10.0 Å². The zero-order valence-electron chi connectivity index (χ0n) is 25.7. The van der Waals surface area contributed by atoms with E-state index in [0.717, 1.165) is 49.4 Å². The molecule has 2 aromatic carbocycles. The zero-order chi connectivity index (χ0) is 31.3.